The Morgan fingerprint density at radius 1 is 1.06 bits per heavy atom. The van der Waals surface area contributed by atoms with E-state index < -0.39 is 0 Å². The lowest BCUT2D eigenvalue weighted by Gasteiger charge is -2.29. The van der Waals surface area contributed by atoms with Gasteiger partial charge in [-0.3, -0.25) is 0 Å². The lowest BCUT2D eigenvalue weighted by molar-refractivity contribution is 0.293. The van der Waals surface area contributed by atoms with E-state index in [9.17, 15) is 0 Å². The highest BCUT2D eigenvalue weighted by atomic mass is 15.0. The SMILES string of the molecule is CC(NC1CCCC1C1CCCN1)C1CC1. The van der Waals surface area contributed by atoms with Gasteiger partial charge < -0.3 is 10.6 Å². The summed E-state index contributed by atoms with van der Waals surface area (Å²) in [4.78, 5) is 0. The largest absolute Gasteiger partial charge is 0.314 e. The summed E-state index contributed by atoms with van der Waals surface area (Å²) in [6, 6.07) is 2.41. The molecule has 2 saturated carbocycles. The second-order valence-corrected chi connectivity index (χ2v) is 6.20. The van der Waals surface area contributed by atoms with Gasteiger partial charge in [-0.1, -0.05) is 6.42 Å². The van der Waals surface area contributed by atoms with Crippen LogP contribution in [0.2, 0.25) is 0 Å². The van der Waals surface area contributed by atoms with Gasteiger partial charge in [-0.25, -0.2) is 0 Å². The van der Waals surface area contributed by atoms with Crippen molar-refractivity contribution in [2.24, 2.45) is 11.8 Å². The monoisotopic (exact) mass is 222 g/mol. The Morgan fingerprint density at radius 2 is 1.94 bits per heavy atom. The van der Waals surface area contributed by atoms with E-state index >= 15 is 0 Å². The Morgan fingerprint density at radius 3 is 2.62 bits per heavy atom. The fourth-order valence-electron chi connectivity index (χ4n) is 3.82. The summed E-state index contributed by atoms with van der Waals surface area (Å²) in [6.07, 6.45) is 10.1. The van der Waals surface area contributed by atoms with E-state index in [1.54, 1.807) is 0 Å². The van der Waals surface area contributed by atoms with Crippen LogP contribution in [0, 0.1) is 11.8 Å². The minimum atomic E-state index is 0.770. The highest BCUT2D eigenvalue weighted by molar-refractivity contribution is 4.95. The average Bonchev–Trinajstić information content (AvgIpc) is 2.81. The predicted octanol–water partition coefficient (Wildman–Crippen LogP) is 2.30. The topological polar surface area (TPSA) is 24.1 Å². The molecule has 0 aromatic heterocycles. The van der Waals surface area contributed by atoms with Crippen molar-refractivity contribution in [1.29, 1.82) is 0 Å². The molecule has 0 aromatic carbocycles. The molecule has 1 heterocycles. The smallest absolute Gasteiger partial charge is 0.0113 e. The third-order valence-corrected chi connectivity index (χ3v) is 4.99. The summed E-state index contributed by atoms with van der Waals surface area (Å²) in [5.74, 6) is 1.92. The van der Waals surface area contributed by atoms with Crippen LogP contribution in [0.1, 0.15) is 51.9 Å². The molecule has 16 heavy (non-hydrogen) atoms. The molecular weight excluding hydrogens is 196 g/mol. The molecule has 92 valence electrons. The Kier molecular flexibility index (Phi) is 3.21. The van der Waals surface area contributed by atoms with E-state index in [1.807, 2.05) is 0 Å². The number of hydrogen-bond donors (Lipinski definition) is 2. The van der Waals surface area contributed by atoms with E-state index in [1.165, 1.54) is 51.5 Å². The number of rotatable bonds is 4. The quantitative estimate of drug-likeness (QED) is 0.762. The van der Waals surface area contributed by atoms with Gasteiger partial charge in [-0.05, 0) is 63.8 Å². The molecule has 2 heteroatoms. The molecule has 4 unspecified atom stereocenters. The van der Waals surface area contributed by atoms with Crippen molar-refractivity contribution >= 4 is 0 Å². The molecule has 0 bridgehead atoms. The van der Waals surface area contributed by atoms with E-state index in [-0.39, 0.29) is 0 Å². The highest BCUT2D eigenvalue weighted by Crippen LogP contribution is 2.36. The number of nitrogens with one attached hydrogen (secondary N) is 2. The van der Waals surface area contributed by atoms with Crippen LogP contribution in [-0.4, -0.2) is 24.7 Å². The molecule has 0 aromatic rings. The predicted molar refractivity (Wildman–Crippen MR) is 67.5 cm³/mol. The normalized spacial score (nSPS) is 41.4. The van der Waals surface area contributed by atoms with Gasteiger partial charge in [0.15, 0.2) is 0 Å². The molecule has 0 spiro atoms. The summed E-state index contributed by atoms with van der Waals surface area (Å²) in [5, 5.41) is 7.63. The lowest BCUT2D eigenvalue weighted by Crippen LogP contribution is -2.45. The lowest BCUT2D eigenvalue weighted by atomic mass is 9.92. The molecule has 2 nitrogen and oxygen atoms in total. The van der Waals surface area contributed by atoms with Crippen LogP contribution in [0.4, 0.5) is 0 Å². The van der Waals surface area contributed by atoms with Gasteiger partial charge in [0.05, 0.1) is 0 Å². The average molecular weight is 222 g/mol. The Bertz CT molecular complexity index is 231. The summed E-state index contributed by atoms with van der Waals surface area (Å²) in [7, 11) is 0. The van der Waals surface area contributed by atoms with Crippen molar-refractivity contribution in [2.75, 3.05) is 6.54 Å². The third-order valence-electron chi connectivity index (χ3n) is 4.99. The summed E-state index contributed by atoms with van der Waals surface area (Å²) in [6.45, 7) is 3.65. The Hall–Kier alpha value is -0.0800. The molecule has 1 aliphatic heterocycles. The van der Waals surface area contributed by atoms with Crippen LogP contribution in [0.15, 0.2) is 0 Å². The molecule has 1 saturated heterocycles. The molecule has 0 amide bonds. The molecule has 3 fully saturated rings. The molecule has 4 atom stereocenters. The third kappa shape index (κ3) is 2.28. The van der Waals surface area contributed by atoms with Crippen LogP contribution in [-0.2, 0) is 0 Å². The first-order valence-electron chi connectivity index (χ1n) is 7.34. The molecule has 3 rings (SSSR count). The van der Waals surface area contributed by atoms with Crippen molar-refractivity contribution in [2.45, 2.75) is 70.0 Å². The van der Waals surface area contributed by atoms with Gasteiger partial charge in [0.1, 0.15) is 0 Å². The fraction of sp³-hybridized carbons (Fsp3) is 1.00. The van der Waals surface area contributed by atoms with Crippen LogP contribution < -0.4 is 10.6 Å². The van der Waals surface area contributed by atoms with Crippen molar-refractivity contribution in [3.8, 4) is 0 Å². The molecule has 3 aliphatic rings. The highest BCUT2D eigenvalue weighted by Gasteiger charge is 2.37. The first kappa shape index (κ1) is 11.0. The zero-order chi connectivity index (χ0) is 11.0. The van der Waals surface area contributed by atoms with Gasteiger partial charge in [0, 0.05) is 18.1 Å². The maximum absolute atomic E-state index is 3.93. The standard InChI is InChI=1S/C14H26N2/c1-10(11-7-8-11)16-14-5-2-4-12(14)13-6-3-9-15-13/h10-16H,2-9H2,1H3. The van der Waals surface area contributed by atoms with E-state index in [2.05, 4.69) is 17.6 Å². The van der Waals surface area contributed by atoms with E-state index in [4.69, 9.17) is 0 Å². The summed E-state index contributed by atoms with van der Waals surface area (Å²) < 4.78 is 0. The van der Waals surface area contributed by atoms with Gasteiger partial charge in [-0.2, -0.15) is 0 Å². The fourth-order valence-corrected chi connectivity index (χ4v) is 3.82. The van der Waals surface area contributed by atoms with Crippen LogP contribution in [0.25, 0.3) is 0 Å². The molecule has 0 radical (unpaired) electrons. The van der Waals surface area contributed by atoms with Crippen molar-refractivity contribution in [1.82, 2.24) is 10.6 Å². The van der Waals surface area contributed by atoms with Crippen LogP contribution in [0.5, 0.6) is 0 Å². The van der Waals surface area contributed by atoms with Crippen molar-refractivity contribution in [3.05, 3.63) is 0 Å². The van der Waals surface area contributed by atoms with Gasteiger partial charge in [0.25, 0.3) is 0 Å². The second kappa shape index (κ2) is 4.66. The minimum Gasteiger partial charge on any atom is -0.314 e. The van der Waals surface area contributed by atoms with Crippen molar-refractivity contribution in [3.63, 3.8) is 0 Å². The Labute approximate surface area is 99.6 Å². The van der Waals surface area contributed by atoms with E-state index in [0.717, 1.165) is 30.0 Å². The maximum Gasteiger partial charge on any atom is 0.0113 e. The Balaban J connectivity index is 1.55. The first-order valence-corrected chi connectivity index (χ1v) is 7.34. The van der Waals surface area contributed by atoms with Crippen LogP contribution in [0.3, 0.4) is 0 Å². The van der Waals surface area contributed by atoms with Crippen LogP contribution >= 0.6 is 0 Å². The van der Waals surface area contributed by atoms with Crippen molar-refractivity contribution < 1.29 is 0 Å². The maximum atomic E-state index is 3.93. The van der Waals surface area contributed by atoms with Gasteiger partial charge in [-0.15, -0.1) is 0 Å². The zero-order valence-corrected chi connectivity index (χ0v) is 10.5. The van der Waals surface area contributed by atoms with Gasteiger partial charge >= 0.3 is 0 Å². The molecule has 2 aliphatic carbocycles. The minimum absolute atomic E-state index is 0.770. The van der Waals surface area contributed by atoms with Gasteiger partial charge in [0.2, 0.25) is 0 Å². The number of hydrogen-bond acceptors (Lipinski definition) is 2. The second-order valence-electron chi connectivity index (χ2n) is 6.20. The first-order chi connectivity index (χ1) is 7.84. The molecule has 2 N–H and O–H groups in total. The van der Waals surface area contributed by atoms with E-state index in [0.29, 0.717) is 0 Å². The summed E-state index contributed by atoms with van der Waals surface area (Å²) in [5.41, 5.74) is 0. The zero-order valence-electron chi connectivity index (χ0n) is 10.5. The molecular formula is C14H26N2. The summed E-state index contributed by atoms with van der Waals surface area (Å²) >= 11 is 0.